The van der Waals surface area contributed by atoms with Gasteiger partial charge in [-0.05, 0) is 49.4 Å². The number of cyclic esters (lactones) is 1. The van der Waals surface area contributed by atoms with E-state index in [1.54, 1.807) is 24.3 Å². The first kappa shape index (κ1) is 30.4. The Kier molecular flexibility index (Phi) is 9.23. The van der Waals surface area contributed by atoms with E-state index in [1.165, 1.54) is 33.9 Å². The number of aliphatic hydroxyl groups is 1. The van der Waals surface area contributed by atoms with Crippen molar-refractivity contribution in [2.45, 2.75) is 56.3 Å². The quantitative estimate of drug-likeness (QED) is 0.314. The second kappa shape index (κ2) is 13.1. The van der Waals surface area contributed by atoms with Crippen LogP contribution in [0.1, 0.15) is 33.1 Å². The number of fused-ring (bicyclic) bond motifs is 1. The lowest BCUT2D eigenvalue weighted by molar-refractivity contribution is -0.129. The fraction of sp³-hybridized carbons (Fsp3) is 0.400. The largest absolute Gasteiger partial charge is 0.443 e. The van der Waals surface area contributed by atoms with Crippen LogP contribution in [0.2, 0.25) is 0 Å². The van der Waals surface area contributed by atoms with E-state index in [4.69, 9.17) is 9.15 Å². The Morgan fingerprint density at radius 1 is 1.19 bits per heavy atom. The van der Waals surface area contributed by atoms with E-state index < -0.39 is 40.3 Å². The Labute approximate surface area is 250 Å². The minimum absolute atomic E-state index is 0.00980. The highest BCUT2D eigenvalue weighted by molar-refractivity contribution is 7.89. The molecule has 0 saturated carbocycles. The van der Waals surface area contributed by atoms with E-state index in [0.29, 0.717) is 16.9 Å². The summed E-state index contributed by atoms with van der Waals surface area (Å²) in [5.41, 5.74) is 1.77. The Morgan fingerprint density at radius 2 is 2.02 bits per heavy atom. The molecule has 0 unspecified atom stereocenters. The van der Waals surface area contributed by atoms with Crippen molar-refractivity contribution in [1.29, 1.82) is 0 Å². The van der Waals surface area contributed by atoms with Gasteiger partial charge in [0, 0.05) is 25.4 Å². The number of carbonyl (C=O) groups excluding carboxylic acids is 2. The summed E-state index contributed by atoms with van der Waals surface area (Å²) in [6.45, 7) is 3.57. The second-order valence-electron chi connectivity index (χ2n) is 11.0. The highest BCUT2D eigenvalue weighted by atomic mass is 32.2. The number of nitrogens with zero attached hydrogens (tertiary/aromatic N) is 4. The van der Waals surface area contributed by atoms with Crippen LogP contribution >= 0.6 is 0 Å². The Morgan fingerprint density at radius 3 is 2.74 bits per heavy atom. The average molecular weight is 610 g/mol. The van der Waals surface area contributed by atoms with E-state index in [1.807, 2.05) is 32.1 Å². The number of nitrogens with one attached hydrogen (secondary N) is 1. The van der Waals surface area contributed by atoms with Gasteiger partial charge < -0.3 is 19.6 Å². The summed E-state index contributed by atoms with van der Waals surface area (Å²) in [6.07, 6.45) is 7.60. The molecule has 5 rings (SSSR count). The Bertz CT molecular complexity index is 1620. The number of amides is 2. The molecule has 1 aliphatic carbocycles. The van der Waals surface area contributed by atoms with Gasteiger partial charge in [0.25, 0.3) is 5.91 Å². The van der Waals surface area contributed by atoms with Crippen LogP contribution in [0.15, 0.2) is 82.1 Å². The number of carbonyl (C=O) groups is 2. The van der Waals surface area contributed by atoms with Crippen molar-refractivity contribution >= 4 is 38.9 Å². The van der Waals surface area contributed by atoms with Crippen LogP contribution in [0.3, 0.4) is 0 Å². The lowest BCUT2D eigenvalue weighted by atomic mass is 9.96. The first-order valence-electron chi connectivity index (χ1n) is 14.2. The molecule has 0 radical (unpaired) electrons. The molecule has 1 fully saturated rings. The summed E-state index contributed by atoms with van der Waals surface area (Å²) in [5, 5.41) is 14.4. The molecule has 2 aliphatic rings. The van der Waals surface area contributed by atoms with Gasteiger partial charge in [0.2, 0.25) is 10.0 Å². The van der Waals surface area contributed by atoms with Gasteiger partial charge in [-0.15, -0.1) is 0 Å². The van der Waals surface area contributed by atoms with Gasteiger partial charge in [0.05, 0.1) is 23.6 Å². The van der Waals surface area contributed by atoms with Crippen LogP contribution in [-0.4, -0.2) is 77.7 Å². The third kappa shape index (κ3) is 7.12. The highest BCUT2D eigenvalue weighted by Gasteiger charge is 2.39. The highest BCUT2D eigenvalue weighted by Crippen LogP contribution is 2.25. The van der Waals surface area contributed by atoms with Crippen LogP contribution in [0.5, 0.6) is 0 Å². The van der Waals surface area contributed by atoms with Crippen molar-refractivity contribution in [3.05, 3.63) is 72.8 Å². The molecule has 12 nitrogen and oxygen atoms in total. The lowest BCUT2D eigenvalue weighted by Gasteiger charge is -2.31. The summed E-state index contributed by atoms with van der Waals surface area (Å²) < 4.78 is 39.5. The number of benzene rings is 1. The summed E-state index contributed by atoms with van der Waals surface area (Å²) in [7, 11) is -4.06. The van der Waals surface area contributed by atoms with Gasteiger partial charge in [-0.2, -0.15) is 4.31 Å². The number of hydrogen-bond acceptors (Lipinski definition) is 9. The molecule has 3 atom stereocenters. The van der Waals surface area contributed by atoms with Crippen molar-refractivity contribution in [3.8, 4) is 0 Å². The van der Waals surface area contributed by atoms with Gasteiger partial charge in [-0.25, -0.2) is 23.2 Å². The topological polar surface area (TPSA) is 155 Å². The number of rotatable bonds is 12. The molecular formula is C30H35N5O7S. The SMILES string of the molecule is CC(C)CN(C[C@@H](O)[C@H](CC1=CCCC=C1)NC(=O)[C@@H]1CN(c2ccccn2)C(=O)O1)S(=O)(=O)c1ccc2ncoc2c1. The number of allylic oxidation sites excluding steroid dienone is 3. The number of aliphatic hydroxyl groups excluding tert-OH is 1. The molecule has 0 spiro atoms. The molecule has 3 aromatic rings. The lowest BCUT2D eigenvalue weighted by Crippen LogP contribution is -2.52. The monoisotopic (exact) mass is 609 g/mol. The predicted molar refractivity (Wildman–Crippen MR) is 158 cm³/mol. The van der Waals surface area contributed by atoms with Gasteiger partial charge >= 0.3 is 6.09 Å². The van der Waals surface area contributed by atoms with Crippen molar-refractivity contribution in [1.82, 2.24) is 19.6 Å². The minimum Gasteiger partial charge on any atom is -0.443 e. The van der Waals surface area contributed by atoms with Crippen LogP contribution in [-0.2, 0) is 19.6 Å². The molecule has 1 aliphatic heterocycles. The molecule has 3 heterocycles. The number of hydrogen-bond donors (Lipinski definition) is 2. The standard InChI is InChI=1S/C30H35N5O7S/c1-20(2)16-34(43(39,40)22-11-12-23-26(15-22)41-19-32-23)17-25(36)24(14-21-8-4-3-5-9-21)33-29(37)27-18-35(30(38)42-27)28-10-6-7-13-31-28/h4,6-13,15,19-20,24-25,27,36H,3,5,14,16-18H2,1-2H3,(H,33,37)/t24-,25+,27-/m0/s1. The molecule has 2 aromatic heterocycles. The zero-order valence-corrected chi connectivity index (χ0v) is 24.8. The zero-order valence-electron chi connectivity index (χ0n) is 24.0. The van der Waals surface area contributed by atoms with E-state index in [9.17, 15) is 23.1 Å². The first-order valence-corrected chi connectivity index (χ1v) is 15.6. The van der Waals surface area contributed by atoms with Crippen molar-refractivity contribution in [2.24, 2.45) is 5.92 Å². The molecule has 2 N–H and O–H groups in total. The predicted octanol–water partition coefficient (Wildman–Crippen LogP) is 3.41. The van der Waals surface area contributed by atoms with E-state index in [2.05, 4.69) is 15.3 Å². The maximum Gasteiger partial charge on any atom is 0.416 e. The van der Waals surface area contributed by atoms with E-state index in [0.717, 1.165) is 18.4 Å². The normalized spacial score (nSPS) is 18.6. The van der Waals surface area contributed by atoms with Crippen molar-refractivity contribution in [3.63, 3.8) is 0 Å². The molecular weight excluding hydrogens is 574 g/mol. The van der Waals surface area contributed by atoms with Gasteiger partial charge in [-0.1, -0.05) is 43.7 Å². The minimum atomic E-state index is -4.06. The maximum atomic E-state index is 13.8. The van der Waals surface area contributed by atoms with Gasteiger partial charge in [0.15, 0.2) is 18.1 Å². The second-order valence-corrected chi connectivity index (χ2v) is 13.0. The number of pyridine rings is 1. The van der Waals surface area contributed by atoms with Crippen LogP contribution in [0.25, 0.3) is 11.1 Å². The average Bonchev–Trinajstić information content (AvgIpc) is 3.63. The molecule has 1 saturated heterocycles. The molecule has 0 bridgehead atoms. The fourth-order valence-corrected chi connectivity index (χ4v) is 6.73. The summed E-state index contributed by atoms with van der Waals surface area (Å²) in [4.78, 5) is 35.4. The summed E-state index contributed by atoms with van der Waals surface area (Å²) >= 11 is 0. The molecule has 2 amide bonds. The Hall–Kier alpha value is -4.07. The number of ether oxygens (including phenoxy) is 1. The van der Waals surface area contributed by atoms with Crippen LogP contribution in [0.4, 0.5) is 10.6 Å². The third-order valence-corrected chi connectivity index (χ3v) is 9.08. The van der Waals surface area contributed by atoms with Crippen molar-refractivity contribution < 1.29 is 32.3 Å². The number of anilines is 1. The number of aromatic nitrogens is 2. The third-order valence-electron chi connectivity index (χ3n) is 7.25. The van der Waals surface area contributed by atoms with Gasteiger partial charge in [0.1, 0.15) is 11.3 Å². The Balaban J connectivity index is 1.36. The maximum absolute atomic E-state index is 13.8. The van der Waals surface area contributed by atoms with Crippen LogP contribution < -0.4 is 10.2 Å². The van der Waals surface area contributed by atoms with E-state index >= 15 is 0 Å². The molecule has 13 heteroatoms. The van der Waals surface area contributed by atoms with E-state index in [-0.39, 0.29) is 36.9 Å². The summed E-state index contributed by atoms with van der Waals surface area (Å²) in [6, 6.07) is 8.64. The first-order chi connectivity index (χ1) is 20.6. The van der Waals surface area contributed by atoms with Crippen molar-refractivity contribution in [2.75, 3.05) is 24.5 Å². The summed E-state index contributed by atoms with van der Waals surface area (Å²) in [5.74, 6) is -0.288. The molecule has 1 aromatic carbocycles. The smallest absolute Gasteiger partial charge is 0.416 e. The molecule has 228 valence electrons. The number of oxazole rings is 1. The van der Waals surface area contributed by atoms with Crippen LogP contribution in [0, 0.1) is 5.92 Å². The van der Waals surface area contributed by atoms with Gasteiger partial charge in [-0.3, -0.25) is 9.69 Å². The number of sulfonamides is 1. The molecule has 43 heavy (non-hydrogen) atoms. The zero-order chi connectivity index (χ0) is 30.6. The fourth-order valence-electron chi connectivity index (χ4n) is 5.09.